The van der Waals surface area contributed by atoms with Crippen LogP contribution < -0.4 is 10.1 Å². The van der Waals surface area contributed by atoms with Gasteiger partial charge < -0.3 is 19.9 Å². The summed E-state index contributed by atoms with van der Waals surface area (Å²) in [4.78, 5) is 50.4. The summed E-state index contributed by atoms with van der Waals surface area (Å²) in [6, 6.07) is 6.02. The van der Waals surface area contributed by atoms with Crippen molar-refractivity contribution in [3.8, 4) is 5.75 Å². The number of hydrogen-bond donors (Lipinski definition) is 1. The minimum absolute atomic E-state index is 0.107. The zero-order valence-corrected chi connectivity index (χ0v) is 22.2. The van der Waals surface area contributed by atoms with Gasteiger partial charge in [-0.15, -0.1) is 0 Å². The fourth-order valence-electron chi connectivity index (χ4n) is 4.96. The third-order valence-corrected chi connectivity index (χ3v) is 7.01. The minimum Gasteiger partial charge on any atom is -0.494 e. The third-order valence-electron chi connectivity index (χ3n) is 7.01. The second-order valence-corrected chi connectivity index (χ2v) is 9.83. The number of nitrogens with one attached hydrogen (secondary N) is 1. The van der Waals surface area contributed by atoms with E-state index in [1.807, 2.05) is 4.90 Å². The van der Waals surface area contributed by atoms with E-state index in [-0.39, 0.29) is 5.91 Å². The van der Waals surface area contributed by atoms with Crippen LogP contribution in [-0.2, 0) is 9.59 Å². The van der Waals surface area contributed by atoms with Crippen LogP contribution in [0.4, 0.5) is 8.78 Å². The summed E-state index contributed by atoms with van der Waals surface area (Å²) >= 11 is 0. The Labute approximate surface area is 226 Å². The number of likely N-dealkylation sites (tertiary alicyclic amines) is 1. The van der Waals surface area contributed by atoms with E-state index >= 15 is 0 Å². The van der Waals surface area contributed by atoms with Crippen molar-refractivity contribution in [3.63, 3.8) is 0 Å². The van der Waals surface area contributed by atoms with Crippen molar-refractivity contribution in [2.24, 2.45) is 4.99 Å². The average Bonchev–Trinajstić information content (AvgIpc) is 3.23. The normalized spacial score (nSPS) is 19.5. The smallest absolute Gasteiger partial charge is 0.267 e. The Morgan fingerprint density at radius 2 is 1.97 bits per heavy atom. The topological polar surface area (TPSA) is 107 Å². The molecule has 0 spiro atoms. The summed E-state index contributed by atoms with van der Waals surface area (Å²) in [6.45, 7) is 4.98. The molecule has 2 aliphatic rings. The highest BCUT2D eigenvalue weighted by Crippen LogP contribution is 2.31. The molecule has 210 valence electrons. The summed E-state index contributed by atoms with van der Waals surface area (Å²) in [5.41, 5.74) is 0.892. The van der Waals surface area contributed by atoms with Crippen LogP contribution in [0.25, 0.3) is 10.9 Å². The Bertz CT molecular complexity index is 1230. The highest BCUT2D eigenvalue weighted by Gasteiger charge is 2.46. The first-order valence-corrected chi connectivity index (χ1v) is 13.0. The molecular weight excluding hydrogens is 510 g/mol. The SMILES string of the molecule is CN=C[C@H]1CC(F)(F)CN1C(=O)CNC(=O)c1ccnc2ccc(OCCCN3CCN(C(C)=O)CC3)cc12. The number of aromatic nitrogens is 1. The molecule has 3 amide bonds. The first-order valence-electron chi connectivity index (χ1n) is 13.0. The summed E-state index contributed by atoms with van der Waals surface area (Å²) in [6.07, 6.45) is 3.14. The molecule has 2 aliphatic heterocycles. The van der Waals surface area contributed by atoms with E-state index in [0.717, 1.165) is 44.0 Å². The van der Waals surface area contributed by atoms with E-state index in [9.17, 15) is 23.2 Å². The molecule has 1 aromatic carbocycles. The minimum atomic E-state index is -2.99. The lowest BCUT2D eigenvalue weighted by Gasteiger charge is -2.34. The molecule has 1 N–H and O–H groups in total. The van der Waals surface area contributed by atoms with Gasteiger partial charge in [-0.05, 0) is 30.7 Å². The van der Waals surface area contributed by atoms with Gasteiger partial charge in [0.05, 0.1) is 36.8 Å². The van der Waals surface area contributed by atoms with Gasteiger partial charge in [0, 0.05) is 70.9 Å². The van der Waals surface area contributed by atoms with E-state index in [0.29, 0.717) is 28.8 Å². The Morgan fingerprint density at radius 1 is 1.21 bits per heavy atom. The van der Waals surface area contributed by atoms with Crippen LogP contribution in [0.1, 0.15) is 30.1 Å². The molecule has 0 unspecified atom stereocenters. The van der Waals surface area contributed by atoms with Gasteiger partial charge in [0.2, 0.25) is 11.8 Å². The lowest BCUT2D eigenvalue weighted by atomic mass is 10.1. The Morgan fingerprint density at radius 3 is 2.69 bits per heavy atom. The van der Waals surface area contributed by atoms with Gasteiger partial charge in [-0.2, -0.15) is 0 Å². The maximum Gasteiger partial charge on any atom is 0.267 e. The van der Waals surface area contributed by atoms with Crippen molar-refractivity contribution in [1.29, 1.82) is 0 Å². The van der Waals surface area contributed by atoms with Gasteiger partial charge in [0.25, 0.3) is 11.8 Å². The fourth-order valence-corrected chi connectivity index (χ4v) is 4.96. The average molecular weight is 545 g/mol. The monoisotopic (exact) mass is 544 g/mol. The standard InChI is InChI=1S/C27H34F2N6O4/c1-19(36)34-11-9-33(10-12-34)8-3-13-39-21-4-5-24-23(14-21)22(6-7-31-24)26(38)32-17-25(37)35-18-27(28,29)15-20(35)16-30-2/h4-7,14,16,20H,3,8-13,15,17-18H2,1-2H3,(H,32,38)/t20-/m1/s1. The maximum atomic E-state index is 13.9. The third kappa shape index (κ3) is 7.25. The van der Waals surface area contributed by atoms with Crippen molar-refractivity contribution in [2.75, 3.05) is 59.5 Å². The molecule has 0 bridgehead atoms. The molecule has 10 nitrogen and oxygen atoms in total. The molecule has 1 atom stereocenters. The highest BCUT2D eigenvalue weighted by atomic mass is 19.3. The van der Waals surface area contributed by atoms with Crippen LogP contribution in [0.2, 0.25) is 0 Å². The molecular formula is C27H34F2N6O4. The number of alkyl halides is 2. The van der Waals surface area contributed by atoms with Gasteiger partial charge in [0.1, 0.15) is 5.75 Å². The number of nitrogens with zero attached hydrogens (tertiary/aromatic N) is 5. The van der Waals surface area contributed by atoms with Crippen molar-refractivity contribution in [1.82, 2.24) is 25.0 Å². The first-order chi connectivity index (χ1) is 18.7. The van der Waals surface area contributed by atoms with E-state index in [1.165, 1.54) is 19.5 Å². The van der Waals surface area contributed by atoms with E-state index in [4.69, 9.17) is 4.74 Å². The number of ether oxygens (including phenoxy) is 1. The fraction of sp³-hybridized carbons (Fsp3) is 0.519. The number of piperazine rings is 1. The molecule has 2 fully saturated rings. The number of amides is 3. The van der Waals surface area contributed by atoms with Gasteiger partial charge in [-0.1, -0.05) is 0 Å². The predicted molar refractivity (Wildman–Crippen MR) is 142 cm³/mol. The zero-order chi connectivity index (χ0) is 28.0. The van der Waals surface area contributed by atoms with Crippen molar-refractivity contribution in [2.45, 2.75) is 31.7 Å². The Balaban J connectivity index is 1.32. The summed E-state index contributed by atoms with van der Waals surface area (Å²) < 4.78 is 33.7. The molecule has 4 rings (SSSR count). The quantitative estimate of drug-likeness (QED) is 0.381. The van der Waals surface area contributed by atoms with Crippen molar-refractivity contribution in [3.05, 3.63) is 36.0 Å². The molecule has 0 saturated carbocycles. The second-order valence-electron chi connectivity index (χ2n) is 9.83. The molecule has 0 radical (unpaired) electrons. The molecule has 2 saturated heterocycles. The van der Waals surface area contributed by atoms with Crippen LogP contribution in [0.5, 0.6) is 5.75 Å². The highest BCUT2D eigenvalue weighted by molar-refractivity contribution is 6.07. The second kappa shape index (κ2) is 12.5. The van der Waals surface area contributed by atoms with Crippen LogP contribution in [0.15, 0.2) is 35.5 Å². The van der Waals surface area contributed by atoms with Crippen molar-refractivity contribution < 1.29 is 27.9 Å². The molecule has 0 aliphatic carbocycles. The Hall–Kier alpha value is -3.67. The molecule has 2 aromatic rings. The van der Waals surface area contributed by atoms with E-state index in [2.05, 4.69) is 20.2 Å². The van der Waals surface area contributed by atoms with E-state index < -0.39 is 43.3 Å². The number of rotatable bonds is 9. The molecule has 39 heavy (non-hydrogen) atoms. The Kier molecular flexibility index (Phi) is 9.05. The van der Waals surface area contributed by atoms with Gasteiger partial charge >= 0.3 is 0 Å². The van der Waals surface area contributed by atoms with Gasteiger partial charge in [-0.25, -0.2) is 8.78 Å². The first kappa shape index (κ1) is 28.3. The van der Waals surface area contributed by atoms with Crippen LogP contribution in [0.3, 0.4) is 0 Å². The van der Waals surface area contributed by atoms with E-state index in [1.54, 1.807) is 31.2 Å². The number of fused-ring (bicyclic) bond motifs is 1. The van der Waals surface area contributed by atoms with Gasteiger partial charge in [0.15, 0.2) is 0 Å². The lowest BCUT2D eigenvalue weighted by Crippen LogP contribution is -2.48. The van der Waals surface area contributed by atoms with Gasteiger partial charge in [-0.3, -0.25) is 29.3 Å². The number of carbonyl (C=O) groups excluding carboxylic acids is 3. The molecule has 3 heterocycles. The molecule has 12 heteroatoms. The number of hydrogen-bond acceptors (Lipinski definition) is 7. The number of pyridine rings is 1. The van der Waals surface area contributed by atoms with Crippen LogP contribution in [-0.4, -0.2) is 115 Å². The number of benzene rings is 1. The largest absolute Gasteiger partial charge is 0.494 e. The lowest BCUT2D eigenvalue weighted by molar-refractivity contribution is -0.131. The van der Waals surface area contributed by atoms with Crippen LogP contribution >= 0.6 is 0 Å². The zero-order valence-electron chi connectivity index (χ0n) is 22.2. The summed E-state index contributed by atoms with van der Waals surface area (Å²) in [7, 11) is 1.46. The maximum absolute atomic E-state index is 13.9. The number of aliphatic imine (C=N–C) groups is 1. The molecule has 1 aromatic heterocycles. The summed E-state index contributed by atoms with van der Waals surface area (Å²) in [5, 5.41) is 3.12. The number of halogens is 2. The van der Waals surface area contributed by atoms with Crippen molar-refractivity contribution >= 4 is 34.8 Å². The number of carbonyl (C=O) groups is 3. The predicted octanol–water partition coefficient (Wildman–Crippen LogP) is 1.83. The van der Waals surface area contributed by atoms with Crippen LogP contribution in [0, 0.1) is 0 Å². The summed E-state index contributed by atoms with van der Waals surface area (Å²) in [5.74, 6) is -3.41.